The van der Waals surface area contributed by atoms with E-state index in [4.69, 9.17) is 16.6 Å². The van der Waals surface area contributed by atoms with E-state index < -0.39 is 28.6 Å². The molecule has 2 aromatic heterocycles. The number of nitrogens with one attached hydrogen (secondary N) is 2. The highest BCUT2D eigenvalue weighted by atomic mass is 35.5. The molecule has 52 heavy (non-hydrogen) atoms. The van der Waals surface area contributed by atoms with Crippen molar-refractivity contribution in [3.05, 3.63) is 129 Å². The minimum atomic E-state index is -4.64. The Hall–Kier alpha value is -5.33. The number of carbonyl (C=O) groups excluding carboxylic acids is 2. The number of benzene rings is 3. The molecule has 3 aromatic carbocycles. The molecule has 266 valence electrons. The zero-order valence-corrected chi connectivity index (χ0v) is 28.8. The van der Waals surface area contributed by atoms with Crippen LogP contribution in [0.4, 0.5) is 24.5 Å². The predicted molar refractivity (Wildman–Crippen MR) is 196 cm³/mol. The number of pyridine rings is 2. The highest BCUT2D eigenvalue weighted by Crippen LogP contribution is 2.35. The summed E-state index contributed by atoms with van der Waals surface area (Å²) in [5, 5.41) is 7.39. The summed E-state index contributed by atoms with van der Waals surface area (Å²) >= 11 is 5.73. The second-order valence-corrected chi connectivity index (χ2v) is 13.4. The lowest BCUT2D eigenvalue weighted by molar-refractivity contribution is -0.137. The van der Waals surface area contributed by atoms with Gasteiger partial charge in [0.25, 0.3) is 11.8 Å². The van der Waals surface area contributed by atoms with Crippen molar-refractivity contribution in [2.45, 2.75) is 44.9 Å². The molecule has 0 radical (unpaired) electrons. The van der Waals surface area contributed by atoms with Crippen LogP contribution in [0.15, 0.2) is 90.2 Å². The summed E-state index contributed by atoms with van der Waals surface area (Å²) < 4.78 is 40.0. The van der Waals surface area contributed by atoms with Crippen molar-refractivity contribution in [2.24, 2.45) is 5.10 Å². The number of hydrogen-bond donors (Lipinski definition) is 2. The van der Waals surface area contributed by atoms with Gasteiger partial charge in [0.2, 0.25) is 0 Å². The number of aromatic nitrogens is 2. The van der Waals surface area contributed by atoms with Crippen LogP contribution in [0.1, 0.15) is 67.9 Å². The Morgan fingerprint density at radius 2 is 1.77 bits per heavy atom. The molecule has 0 bridgehead atoms. The van der Waals surface area contributed by atoms with Crippen LogP contribution >= 0.6 is 11.6 Å². The fraction of sp³-hybridized carbons (Fsp3) is 0.256. The van der Waals surface area contributed by atoms with Crippen LogP contribution in [0.3, 0.4) is 0 Å². The number of piperidine rings is 1. The van der Waals surface area contributed by atoms with Crippen molar-refractivity contribution in [1.82, 2.24) is 20.3 Å². The number of hydrogen-bond acceptors (Lipinski definition) is 7. The molecule has 0 saturated carbocycles. The number of fused-ring (bicyclic) bond motifs is 2. The summed E-state index contributed by atoms with van der Waals surface area (Å²) in [5.41, 5.74) is 7.16. The Bertz CT molecular complexity index is 2170. The van der Waals surface area contributed by atoms with Gasteiger partial charge >= 0.3 is 6.18 Å². The number of alkyl halides is 3. The molecule has 0 spiro atoms. The van der Waals surface area contributed by atoms with E-state index in [1.54, 1.807) is 24.4 Å². The van der Waals surface area contributed by atoms with E-state index in [1.165, 1.54) is 11.6 Å². The Morgan fingerprint density at radius 3 is 2.60 bits per heavy atom. The van der Waals surface area contributed by atoms with Gasteiger partial charge in [-0.25, -0.2) is 15.4 Å². The number of anilines is 2. The van der Waals surface area contributed by atoms with Gasteiger partial charge in [0.15, 0.2) is 5.65 Å². The standard InChI is InChI=1S/C39H35ClF3N7O2/c40-33-11-9-25(19-32(33)39(41,42)43)22-45-48-38(52)31-21-30(50-15-2-1-3-16-50)10-12-35(31)47-37(51)28-7-4-6-26(18-28)23-49-17-13-34-29(24-49)20-27-8-5-14-44-36(27)46-34/h4-12,14,18-22H,1-3,13,15-17,23-24H2,(H,47,51)(H,48,52)/b45-22-. The van der Waals surface area contributed by atoms with Gasteiger partial charge in [0.1, 0.15) is 0 Å². The van der Waals surface area contributed by atoms with Gasteiger partial charge in [-0.2, -0.15) is 18.3 Å². The van der Waals surface area contributed by atoms with E-state index >= 15 is 0 Å². The van der Waals surface area contributed by atoms with E-state index in [0.717, 1.165) is 98.2 Å². The third-order valence-electron chi connectivity index (χ3n) is 9.30. The van der Waals surface area contributed by atoms with Crippen LogP contribution in [-0.2, 0) is 25.7 Å². The van der Waals surface area contributed by atoms with Crippen molar-refractivity contribution in [3.63, 3.8) is 0 Å². The molecule has 2 amide bonds. The first-order valence-electron chi connectivity index (χ1n) is 17.1. The van der Waals surface area contributed by atoms with Crippen molar-refractivity contribution >= 4 is 52.0 Å². The van der Waals surface area contributed by atoms with Gasteiger partial charge in [0.05, 0.1) is 28.1 Å². The summed E-state index contributed by atoms with van der Waals surface area (Å²) in [7, 11) is 0. The van der Waals surface area contributed by atoms with E-state index in [0.29, 0.717) is 12.1 Å². The molecule has 4 heterocycles. The Kier molecular flexibility index (Phi) is 10.2. The van der Waals surface area contributed by atoms with E-state index in [-0.39, 0.29) is 16.8 Å². The summed E-state index contributed by atoms with van der Waals surface area (Å²) in [6.07, 6.45) is 2.20. The molecular formula is C39H35ClF3N7O2. The number of rotatable bonds is 8. The maximum Gasteiger partial charge on any atom is 0.417 e. The summed E-state index contributed by atoms with van der Waals surface area (Å²) in [6, 6.07) is 22.1. The molecule has 5 aromatic rings. The topological polar surface area (TPSA) is 103 Å². The number of nitrogens with zero attached hydrogens (tertiary/aromatic N) is 5. The van der Waals surface area contributed by atoms with E-state index in [1.807, 2.05) is 36.4 Å². The third kappa shape index (κ3) is 8.08. The maximum absolute atomic E-state index is 13.6. The zero-order chi connectivity index (χ0) is 36.2. The number of carbonyl (C=O) groups is 2. The van der Waals surface area contributed by atoms with Gasteiger partial charge in [-0.15, -0.1) is 0 Å². The molecule has 2 N–H and O–H groups in total. The molecule has 0 atom stereocenters. The predicted octanol–water partition coefficient (Wildman–Crippen LogP) is 7.87. The molecule has 0 aliphatic carbocycles. The van der Waals surface area contributed by atoms with Crippen molar-refractivity contribution in [1.29, 1.82) is 0 Å². The monoisotopic (exact) mass is 725 g/mol. The van der Waals surface area contributed by atoms with Crippen LogP contribution < -0.4 is 15.6 Å². The van der Waals surface area contributed by atoms with Crippen LogP contribution in [0.2, 0.25) is 5.02 Å². The minimum Gasteiger partial charge on any atom is -0.372 e. The fourth-order valence-electron chi connectivity index (χ4n) is 6.67. The highest BCUT2D eigenvalue weighted by Gasteiger charge is 2.33. The molecular weight excluding hydrogens is 691 g/mol. The van der Waals surface area contributed by atoms with Crippen LogP contribution in [0.5, 0.6) is 0 Å². The van der Waals surface area contributed by atoms with Crippen molar-refractivity contribution in [2.75, 3.05) is 29.9 Å². The maximum atomic E-state index is 13.6. The first kappa shape index (κ1) is 35.1. The first-order valence-corrected chi connectivity index (χ1v) is 17.4. The molecule has 2 aliphatic heterocycles. The Morgan fingerprint density at radius 1 is 0.923 bits per heavy atom. The second kappa shape index (κ2) is 15.1. The zero-order valence-electron chi connectivity index (χ0n) is 28.1. The molecule has 0 unspecified atom stereocenters. The second-order valence-electron chi connectivity index (χ2n) is 13.0. The summed E-state index contributed by atoms with van der Waals surface area (Å²) in [6.45, 7) is 3.86. The lowest BCUT2D eigenvalue weighted by Crippen LogP contribution is -2.30. The van der Waals surface area contributed by atoms with Crippen LogP contribution in [-0.4, -0.2) is 52.5 Å². The Labute approximate surface area is 303 Å². The molecule has 7 rings (SSSR count). The van der Waals surface area contributed by atoms with Crippen LogP contribution in [0.25, 0.3) is 11.0 Å². The van der Waals surface area contributed by atoms with Gasteiger partial charge in [-0.1, -0.05) is 29.8 Å². The lowest BCUT2D eigenvalue weighted by Gasteiger charge is -2.29. The quantitative estimate of drug-likeness (QED) is 0.125. The van der Waals surface area contributed by atoms with Gasteiger partial charge < -0.3 is 10.2 Å². The molecule has 13 heteroatoms. The molecule has 9 nitrogen and oxygen atoms in total. The summed E-state index contributed by atoms with van der Waals surface area (Å²) in [4.78, 5) is 40.8. The average Bonchev–Trinajstić information content (AvgIpc) is 3.14. The van der Waals surface area contributed by atoms with Gasteiger partial charge in [-0.3, -0.25) is 14.5 Å². The van der Waals surface area contributed by atoms with Crippen LogP contribution in [0, 0.1) is 0 Å². The lowest BCUT2D eigenvalue weighted by atomic mass is 10.0. The van der Waals surface area contributed by atoms with E-state index in [2.05, 4.69) is 36.7 Å². The SMILES string of the molecule is O=C(Nc1ccc(N2CCCCC2)cc1C(=O)N/N=C\c1ccc(Cl)c(C(F)(F)F)c1)c1cccc(CN2CCc3nc4ncccc4cc3C2)c1. The first-order chi connectivity index (χ1) is 25.1. The molecule has 1 saturated heterocycles. The molecule has 1 fully saturated rings. The number of halogens is 4. The highest BCUT2D eigenvalue weighted by molar-refractivity contribution is 6.31. The van der Waals surface area contributed by atoms with Crippen molar-refractivity contribution in [3.8, 4) is 0 Å². The van der Waals surface area contributed by atoms with Gasteiger partial charge in [-0.05, 0) is 96.6 Å². The number of hydrazone groups is 1. The van der Waals surface area contributed by atoms with E-state index in [9.17, 15) is 22.8 Å². The molecule has 2 aliphatic rings. The normalized spacial score (nSPS) is 15.1. The summed E-state index contributed by atoms with van der Waals surface area (Å²) in [5.74, 6) is -1.02. The fourth-order valence-corrected chi connectivity index (χ4v) is 6.89. The Balaban J connectivity index is 1.07. The minimum absolute atomic E-state index is 0.101. The average molecular weight is 726 g/mol. The van der Waals surface area contributed by atoms with Gasteiger partial charge in [0, 0.05) is 67.7 Å². The number of amides is 2. The smallest absolute Gasteiger partial charge is 0.372 e. The largest absolute Gasteiger partial charge is 0.417 e. The van der Waals surface area contributed by atoms with Crippen molar-refractivity contribution < 1.29 is 22.8 Å². The third-order valence-corrected chi connectivity index (χ3v) is 9.63.